The lowest BCUT2D eigenvalue weighted by Crippen LogP contribution is -2.59. The van der Waals surface area contributed by atoms with Crippen LogP contribution >= 0.6 is 0 Å². The molecule has 0 bridgehead atoms. The van der Waals surface area contributed by atoms with Crippen LogP contribution in [0.5, 0.6) is 0 Å². The summed E-state index contributed by atoms with van der Waals surface area (Å²) in [6, 6.07) is 8.13. The third kappa shape index (κ3) is 2.42. The van der Waals surface area contributed by atoms with Crippen LogP contribution in [0.1, 0.15) is 10.4 Å². The molecule has 92 valence electrons. The topological polar surface area (TPSA) is 35.6 Å². The molecule has 1 fully saturated rings. The molecule has 0 aliphatic carbocycles. The van der Waals surface area contributed by atoms with Crippen molar-refractivity contribution in [1.29, 1.82) is 0 Å². The molecule has 17 heavy (non-hydrogen) atoms. The Morgan fingerprint density at radius 2 is 2.12 bits per heavy atom. The molecule has 0 aromatic heterocycles. The lowest BCUT2D eigenvalue weighted by atomic mass is 10.1. The molecule has 0 spiro atoms. The van der Waals surface area contributed by atoms with Gasteiger partial charge in [0.1, 0.15) is 0 Å². The third-order valence-corrected chi connectivity index (χ3v) is 3.28. The molecule has 4 nitrogen and oxygen atoms in total. The van der Waals surface area contributed by atoms with Crippen molar-refractivity contribution < 1.29 is 4.79 Å². The molecule has 0 atom stereocenters. The average molecular weight is 233 g/mol. The number of hydrogen-bond acceptors (Lipinski definition) is 3. The van der Waals surface area contributed by atoms with E-state index in [4.69, 9.17) is 0 Å². The van der Waals surface area contributed by atoms with Crippen molar-refractivity contribution in [2.24, 2.45) is 0 Å². The van der Waals surface area contributed by atoms with Crippen molar-refractivity contribution in [2.45, 2.75) is 6.04 Å². The van der Waals surface area contributed by atoms with Gasteiger partial charge in [-0.3, -0.25) is 4.79 Å². The van der Waals surface area contributed by atoms with Gasteiger partial charge in [0.2, 0.25) is 0 Å². The number of likely N-dealkylation sites (N-methyl/N-ethyl adjacent to an activating group) is 1. The van der Waals surface area contributed by atoms with Gasteiger partial charge in [0, 0.05) is 37.4 Å². The fraction of sp³-hybridized carbons (Fsp3) is 0.462. The molecule has 2 rings (SSSR count). The van der Waals surface area contributed by atoms with E-state index < -0.39 is 0 Å². The first kappa shape index (κ1) is 11.9. The normalized spacial score (nSPS) is 15.9. The van der Waals surface area contributed by atoms with Crippen LogP contribution in [0, 0.1) is 0 Å². The second-order valence-electron chi connectivity index (χ2n) is 4.66. The van der Waals surface area contributed by atoms with E-state index >= 15 is 0 Å². The highest BCUT2D eigenvalue weighted by Crippen LogP contribution is 2.18. The van der Waals surface area contributed by atoms with Crippen molar-refractivity contribution >= 4 is 11.6 Å². The molecule has 1 amide bonds. The van der Waals surface area contributed by atoms with Gasteiger partial charge in [-0.2, -0.15) is 0 Å². The first-order chi connectivity index (χ1) is 8.11. The van der Waals surface area contributed by atoms with E-state index in [0.29, 0.717) is 6.04 Å². The molecule has 4 heteroatoms. The predicted octanol–water partition coefficient (Wildman–Crippen LogP) is 1.11. The Bertz CT molecular complexity index is 411. The van der Waals surface area contributed by atoms with Gasteiger partial charge in [-0.15, -0.1) is 0 Å². The molecule has 1 aromatic carbocycles. The quantitative estimate of drug-likeness (QED) is 0.849. The highest BCUT2D eigenvalue weighted by Gasteiger charge is 2.32. The van der Waals surface area contributed by atoms with E-state index in [0.717, 1.165) is 24.3 Å². The summed E-state index contributed by atoms with van der Waals surface area (Å²) in [6.45, 7) is 1.66. The summed E-state index contributed by atoms with van der Waals surface area (Å²) in [4.78, 5) is 16.2. The first-order valence-corrected chi connectivity index (χ1v) is 5.85. The van der Waals surface area contributed by atoms with Crippen molar-refractivity contribution in [3.63, 3.8) is 0 Å². The Morgan fingerprint density at radius 1 is 1.41 bits per heavy atom. The van der Waals surface area contributed by atoms with Crippen LogP contribution in [0.15, 0.2) is 24.3 Å². The molecule has 0 saturated carbocycles. The second-order valence-corrected chi connectivity index (χ2v) is 4.66. The molecule has 1 N–H and O–H groups in total. The maximum Gasteiger partial charge on any atom is 0.254 e. The van der Waals surface area contributed by atoms with Crippen molar-refractivity contribution in [1.82, 2.24) is 9.80 Å². The zero-order chi connectivity index (χ0) is 12.4. The number of nitrogens with zero attached hydrogens (tertiary/aromatic N) is 2. The summed E-state index contributed by atoms with van der Waals surface area (Å²) in [5.41, 5.74) is 1.73. The Balaban J connectivity index is 2.01. The minimum Gasteiger partial charge on any atom is -0.388 e. The molecule has 0 unspecified atom stereocenters. The number of anilines is 1. The van der Waals surface area contributed by atoms with Crippen LogP contribution in [0.25, 0.3) is 0 Å². The number of amides is 1. The van der Waals surface area contributed by atoms with Gasteiger partial charge in [-0.05, 0) is 32.3 Å². The van der Waals surface area contributed by atoms with Gasteiger partial charge < -0.3 is 15.1 Å². The number of likely N-dealkylation sites (tertiary alicyclic amines) is 1. The minimum atomic E-state index is 0.125. The molecular formula is C13H19N3O. The maximum atomic E-state index is 12.1. The minimum absolute atomic E-state index is 0.125. The van der Waals surface area contributed by atoms with E-state index in [-0.39, 0.29) is 5.91 Å². The second kappa shape index (κ2) is 4.75. The number of benzene rings is 1. The van der Waals surface area contributed by atoms with Crippen LogP contribution in [-0.4, -0.2) is 56.0 Å². The standard InChI is InChI=1S/C13H19N3O/c1-14-11-6-4-5-10(7-11)13(17)16-8-12(9-16)15(2)3/h4-7,12,14H,8-9H2,1-3H3. The fourth-order valence-electron chi connectivity index (χ4n) is 1.94. The van der Waals surface area contributed by atoms with Crippen molar-refractivity contribution in [3.8, 4) is 0 Å². The van der Waals surface area contributed by atoms with Gasteiger partial charge in [0.15, 0.2) is 0 Å². The molecule has 0 radical (unpaired) electrons. The van der Waals surface area contributed by atoms with E-state index in [2.05, 4.69) is 10.2 Å². The number of carbonyl (C=O) groups excluding carboxylic acids is 1. The summed E-state index contributed by atoms with van der Waals surface area (Å²) in [7, 11) is 5.96. The SMILES string of the molecule is CNc1cccc(C(=O)N2CC(N(C)C)C2)c1. The van der Waals surface area contributed by atoms with E-state index in [1.165, 1.54) is 0 Å². The number of rotatable bonds is 3. The zero-order valence-corrected chi connectivity index (χ0v) is 10.6. The predicted molar refractivity (Wildman–Crippen MR) is 69.4 cm³/mol. The van der Waals surface area contributed by atoms with Crippen LogP contribution in [-0.2, 0) is 0 Å². The molecule has 1 aliphatic rings. The lowest BCUT2D eigenvalue weighted by molar-refractivity contribution is 0.0399. The van der Waals surface area contributed by atoms with Crippen LogP contribution < -0.4 is 5.32 Å². The molecular weight excluding hydrogens is 214 g/mol. The Kier molecular flexibility index (Phi) is 3.33. The Hall–Kier alpha value is -1.55. The summed E-state index contributed by atoms with van der Waals surface area (Å²) < 4.78 is 0. The van der Waals surface area contributed by atoms with E-state index in [9.17, 15) is 4.79 Å². The van der Waals surface area contributed by atoms with Crippen LogP contribution in [0.4, 0.5) is 5.69 Å². The van der Waals surface area contributed by atoms with Crippen molar-refractivity contribution in [2.75, 3.05) is 39.5 Å². The highest BCUT2D eigenvalue weighted by molar-refractivity contribution is 5.95. The lowest BCUT2D eigenvalue weighted by Gasteiger charge is -2.42. The smallest absolute Gasteiger partial charge is 0.254 e. The highest BCUT2D eigenvalue weighted by atomic mass is 16.2. The summed E-state index contributed by atoms with van der Waals surface area (Å²) in [5.74, 6) is 0.125. The number of carbonyl (C=O) groups is 1. The van der Waals surface area contributed by atoms with Gasteiger partial charge in [0.05, 0.1) is 0 Å². The molecule has 1 saturated heterocycles. The Labute approximate surface area is 102 Å². The molecule has 1 aromatic rings. The van der Waals surface area contributed by atoms with E-state index in [1.807, 2.05) is 50.3 Å². The monoisotopic (exact) mass is 233 g/mol. The van der Waals surface area contributed by atoms with E-state index in [1.54, 1.807) is 0 Å². The van der Waals surface area contributed by atoms with Gasteiger partial charge in [-0.25, -0.2) is 0 Å². The molecule has 1 heterocycles. The Morgan fingerprint density at radius 3 is 2.71 bits per heavy atom. The first-order valence-electron chi connectivity index (χ1n) is 5.85. The van der Waals surface area contributed by atoms with Crippen molar-refractivity contribution in [3.05, 3.63) is 29.8 Å². The third-order valence-electron chi connectivity index (χ3n) is 3.28. The largest absolute Gasteiger partial charge is 0.388 e. The van der Waals surface area contributed by atoms with Gasteiger partial charge in [-0.1, -0.05) is 6.07 Å². The van der Waals surface area contributed by atoms with Gasteiger partial charge in [0.25, 0.3) is 5.91 Å². The summed E-state index contributed by atoms with van der Waals surface area (Å²) in [6.07, 6.45) is 0. The van der Waals surface area contributed by atoms with Gasteiger partial charge >= 0.3 is 0 Å². The fourth-order valence-corrected chi connectivity index (χ4v) is 1.94. The van der Waals surface area contributed by atoms with Crippen LogP contribution in [0.2, 0.25) is 0 Å². The number of hydrogen-bond donors (Lipinski definition) is 1. The average Bonchev–Trinajstić information content (AvgIpc) is 2.26. The molecule has 1 aliphatic heterocycles. The zero-order valence-electron chi connectivity index (χ0n) is 10.6. The summed E-state index contributed by atoms with van der Waals surface area (Å²) >= 11 is 0. The maximum absolute atomic E-state index is 12.1. The van der Waals surface area contributed by atoms with Crippen LogP contribution in [0.3, 0.4) is 0 Å². The number of nitrogens with one attached hydrogen (secondary N) is 1. The summed E-state index contributed by atoms with van der Waals surface area (Å²) in [5, 5.41) is 3.05.